The lowest BCUT2D eigenvalue weighted by Crippen LogP contribution is -2.26. The molecule has 0 atom stereocenters. The minimum atomic E-state index is -0.592. The number of carbonyl (C=O) groups excluding carboxylic acids is 1. The number of thiazole rings is 1. The first-order valence-corrected chi connectivity index (χ1v) is 8.55. The van der Waals surface area contributed by atoms with Crippen molar-refractivity contribution in [1.82, 2.24) is 20.0 Å². The lowest BCUT2D eigenvalue weighted by molar-refractivity contribution is -0.141. The quantitative estimate of drug-likeness (QED) is 0.409. The van der Waals surface area contributed by atoms with Crippen LogP contribution in [0.25, 0.3) is 27.2 Å². The number of hydrogen-bond donors (Lipinski definition) is 0. The van der Waals surface area contributed by atoms with Crippen molar-refractivity contribution in [2.45, 2.75) is 6.73 Å². The van der Waals surface area contributed by atoms with Crippen molar-refractivity contribution in [2.75, 3.05) is 0 Å². The number of aromatic nitrogens is 4. The van der Waals surface area contributed by atoms with Crippen LogP contribution in [0.4, 0.5) is 0 Å². The van der Waals surface area contributed by atoms with E-state index in [0.29, 0.717) is 15.9 Å². The SMILES string of the molecule is O=C(C=Cc1nc2ccccc2s1)OCn1nnc2ccccc2c1=O. The van der Waals surface area contributed by atoms with Gasteiger partial charge in [0.05, 0.1) is 15.6 Å². The van der Waals surface area contributed by atoms with Crippen molar-refractivity contribution in [3.63, 3.8) is 0 Å². The molecule has 0 radical (unpaired) electrons. The summed E-state index contributed by atoms with van der Waals surface area (Å²) in [5, 5.41) is 8.82. The van der Waals surface area contributed by atoms with Crippen LogP contribution in [-0.4, -0.2) is 25.9 Å². The summed E-state index contributed by atoms with van der Waals surface area (Å²) in [7, 11) is 0. The van der Waals surface area contributed by atoms with Crippen LogP contribution < -0.4 is 5.56 Å². The number of hydrogen-bond acceptors (Lipinski definition) is 7. The highest BCUT2D eigenvalue weighted by Gasteiger charge is 2.07. The van der Waals surface area contributed by atoms with Crippen LogP contribution in [-0.2, 0) is 16.3 Å². The Labute approximate surface area is 151 Å². The van der Waals surface area contributed by atoms with Crippen molar-refractivity contribution in [3.8, 4) is 0 Å². The zero-order valence-corrected chi connectivity index (χ0v) is 14.2. The second-order valence-corrected chi connectivity index (χ2v) is 6.42. The molecule has 2 aromatic carbocycles. The highest BCUT2D eigenvalue weighted by atomic mass is 32.1. The number of esters is 1. The molecule has 4 rings (SSSR count). The Balaban J connectivity index is 1.45. The summed E-state index contributed by atoms with van der Waals surface area (Å²) < 4.78 is 7.11. The van der Waals surface area contributed by atoms with Gasteiger partial charge in [-0.3, -0.25) is 4.79 Å². The van der Waals surface area contributed by atoms with Gasteiger partial charge in [0.1, 0.15) is 10.5 Å². The van der Waals surface area contributed by atoms with Crippen LogP contribution in [0.15, 0.2) is 59.4 Å². The lowest BCUT2D eigenvalue weighted by atomic mass is 10.2. The summed E-state index contributed by atoms with van der Waals surface area (Å²) in [5.41, 5.74) is 1.01. The third-order valence-electron chi connectivity index (χ3n) is 3.63. The molecule has 26 heavy (non-hydrogen) atoms. The predicted octanol–water partition coefficient (Wildman–Crippen LogP) is 2.62. The van der Waals surface area contributed by atoms with Crippen LogP contribution in [0.1, 0.15) is 5.01 Å². The Morgan fingerprint density at radius 1 is 1.12 bits per heavy atom. The van der Waals surface area contributed by atoms with E-state index in [1.807, 2.05) is 24.3 Å². The van der Waals surface area contributed by atoms with E-state index in [9.17, 15) is 9.59 Å². The van der Waals surface area contributed by atoms with Gasteiger partial charge in [0, 0.05) is 6.08 Å². The molecule has 2 heterocycles. The Hall–Kier alpha value is -3.39. The summed E-state index contributed by atoms with van der Waals surface area (Å²) in [6.07, 6.45) is 2.86. The van der Waals surface area contributed by atoms with Gasteiger partial charge in [-0.25, -0.2) is 9.78 Å². The first-order chi connectivity index (χ1) is 12.7. The number of carbonyl (C=O) groups is 1. The van der Waals surface area contributed by atoms with Crippen molar-refractivity contribution < 1.29 is 9.53 Å². The third-order valence-corrected chi connectivity index (χ3v) is 4.63. The molecular weight excluding hydrogens is 352 g/mol. The average Bonchev–Trinajstić information content (AvgIpc) is 3.09. The van der Waals surface area contributed by atoms with Crippen LogP contribution >= 0.6 is 11.3 Å². The smallest absolute Gasteiger partial charge is 0.332 e. The van der Waals surface area contributed by atoms with Gasteiger partial charge < -0.3 is 4.74 Å². The summed E-state index contributed by atoms with van der Waals surface area (Å²) in [6.45, 7) is -0.306. The topological polar surface area (TPSA) is 87.0 Å². The van der Waals surface area contributed by atoms with E-state index in [0.717, 1.165) is 14.9 Å². The molecular formula is C18H12N4O3S. The Morgan fingerprint density at radius 3 is 2.73 bits per heavy atom. The minimum absolute atomic E-state index is 0.306. The summed E-state index contributed by atoms with van der Waals surface area (Å²) in [4.78, 5) is 28.5. The number of benzene rings is 2. The molecule has 0 amide bonds. The van der Waals surface area contributed by atoms with E-state index in [2.05, 4.69) is 15.3 Å². The van der Waals surface area contributed by atoms with Gasteiger partial charge in [0.2, 0.25) is 0 Å². The fraction of sp³-hybridized carbons (Fsp3) is 0.0556. The molecule has 0 aliphatic heterocycles. The second-order valence-electron chi connectivity index (χ2n) is 5.36. The largest absolute Gasteiger partial charge is 0.439 e. The van der Waals surface area contributed by atoms with Crippen LogP contribution in [0.3, 0.4) is 0 Å². The van der Waals surface area contributed by atoms with Crippen molar-refractivity contribution in [1.29, 1.82) is 0 Å². The van der Waals surface area contributed by atoms with Gasteiger partial charge in [0.15, 0.2) is 6.73 Å². The van der Waals surface area contributed by atoms with Gasteiger partial charge >= 0.3 is 5.97 Å². The molecule has 0 fully saturated rings. The van der Waals surface area contributed by atoms with E-state index < -0.39 is 5.97 Å². The molecule has 4 aromatic rings. The fourth-order valence-corrected chi connectivity index (χ4v) is 3.25. The van der Waals surface area contributed by atoms with E-state index in [1.165, 1.54) is 17.4 Å². The van der Waals surface area contributed by atoms with Gasteiger partial charge in [-0.15, -0.1) is 16.4 Å². The highest BCUT2D eigenvalue weighted by Crippen LogP contribution is 2.22. The van der Waals surface area contributed by atoms with E-state index in [-0.39, 0.29) is 12.3 Å². The maximum Gasteiger partial charge on any atom is 0.332 e. The maximum atomic E-state index is 12.3. The molecule has 128 valence electrons. The molecule has 0 N–H and O–H groups in total. The molecule has 0 saturated heterocycles. The lowest BCUT2D eigenvalue weighted by Gasteiger charge is -2.04. The van der Waals surface area contributed by atoms with E-state index in [1.54, 1.807) is 30.3 Å². The zero-order valence-electron chi connectivity index (χ0n) is 13.4. The molecule has 0 spiro atoms. The molecule has 8 heteroatoms. The minimum Gasteiger partial charge on any atom is -0.439 e. The highest BCUT2D eigenvalue weighted by molar-refractivity contribution is 7.19. The molecule has 7 nitrogen and oxygen atoms in total. The second kappa shape index (κ2) is 6.85. The number of nitrogens with zero attached hydrogens (tertiary/aromatic N) is 4. The van der Waals surface area contributed by atoms with Crippen molar-refractivity contribution in [3.05, 3.63) is 70.0 Å². The molecule has 0 aliphatic rings. The van der Waals surface area contributed by atoms with Gasteiger partial charge in [0.25, 0.3) is 5.56 Å². The zero-order chi connectivity index (χ0) is 17.9. The molecule has 0 aliphatic carbocycles. The number of fused-ring (bicyclic) bond motifs is 2. The maximum absolute atomic E-state index is 12.3. The molecule has 2 aromatic heterocycles. The summed E-state index contributed by atoms with van der Waals surface area (Å²) in [6, 6.07) is 14.6. The van der Waals surface area contributed by atoms with E-state index in [4.69, 9.17) is 4.74 Å². The standard InChI is InChI=1S/C18H12N4O3S/c23-17(10-9-16-19-14-7-3-4-8-15(14)26-16)25-11-22-18(24)12-5-1-2-6-13(12)20-21-22/h1-10H,11H2. The van der Waals surface area contributed by atoms with Crippen LogP contribution in [0, 0.1) is 0 Å². The summed E-state index contributed by atoms with van der Waals surface area (Å²) in [5.74, 6) is -0.592. The van der Waals surface area contributed by atoms with Gasteiger partial charge in [-0.05, 0) is 30.3 Å². The Morgan fingerprint density at radius 2 is 1.88 bits per heavy atom. The predicted molar refractivity (Wildman–Crippen MR) is 98.5 cm³/mol. The van der Waals surface area contributed by atoms with Gasteiger partial charge in [-0.2, -0.15) is 4.68 Å². The Kier molecular flexibility index (Phi) is 4.24. The third kappa shape index (κ3) is 3.22. The molecule has 0 unspecified atom stereocenters. The molecule has 0 bridgehead atoms. The summed E-state index contributed by atoms with van der Waals surface area (Å²) >= 11 is 1.47. The number of rotatable bonds is 4. The first kappa shape index (κ1) is 16.1. The van der Waals surface area contributed by atoms with E-state index >= 15 is 0 Å². The van der Waals surface area contributed by atoms with Crippen molar-refractivity contribution in [2.24, 2.45) is 0 Å². The van der Waals surface area contributed by atoms with Crippen LogP contribution in [0.5, 0.6) is 0 Å². The average molecular weight is 364 g/mol. The fourth-order valence-electron chi connectivity index (χ4n) is 2.38. The Bertz CT molecular complexity index is 1160. The molecule has 0 saturated carbocycles. The van der Waals surface area contributed by atoms with Crippen LogP contribution in [0.2, 0.25) is 0 Å². The monoisotopic (exact) mass is 364 g/mol. The van der Waals surface area contributed by atoms with Crippen molar-refractivity contribution >= 4 is 44.5 Å². The van der Waals surface area contributed by atoms with Gasteiger partial charge in [-0.1, -0.05) is 29.5 Å². The number of ether oxygens (including phenoxy) is 1. The number of para-hydroxylation sites is 1. The normalized spacial score (nSPS) is 11.4. The first-order valence-electron chi connectivity index (χ1n) is 7.74.